The number of hydrogen-bond donors (Lipinski definition) is 0. The van der Waals surface area contributed by atoms with Crippen LogP contribution in [0.15, 0.2) is 54.9 Å². The molecule has 2 heterocycles. The van der Waals surface area contributed by atoms with Gasteiger partial charge in [0.1, 0.15) is 17.4 Å². The third kappa shape index (κ3) is 3.55. The van der Waals surface area contributed by atoms with Crippen molar-refractivity contribution < 1.29 is 18.3 Å². The summed E-state index contributed by atoms with van der Waals surface area (Å²) in [5.41, 5.74) is 1.75. The van der Waals surface area contributed by atoms with E-state index in [0.29, 0.717) is 12.2 Å². The number of fused-ring (bicyclic) bond motifs is 1. The maximum Gasteiger partial charge on any atom is 0.262 e. The minimum Gasteiger partial charge on any atom is -0.455 e. The van der Waals surface area contributed by atoms with Gasteiger partial charge < -0.3 is 9.64 Å². The SMILES string of the molecule is O=C(c1ccncc1Oc1ccc(F)c(Cl)c1)N1CCCc2ccc(F)cc21. The van der Waals surface area contributed by atoms with Crippen LogP contribution in [-0.4, -0.2) is 17.4 Å². The Morgan fingerprint density at radius 2 is 2.00 bits per heavy atom. The lowest BCUT2D eigenvalue weighted by molar-refractivity contribution is 0.0982. The molecule has 7 heteroatoms. The second kappa shape index (κ2) is 7.56. The second-order valence-electron chi connectivity index (χ2n) is 6.38. The van der Waals surface area contributed by atoms with E-state index in [1.54, 1.807) is 11.0 Å². The molecule has 1 amide bonds. The van der Waals surface area contributed by atoms with Crippen molar-refractivity contribution in [3.63, 3.8) is 0 Å². The third-order valence-electron chi connectivity index (χ3n) is 4.54. The number of ether oxygens (including phenoxy) is 1. The van der Waals surface area contributed by atoms with Crippen LogP contribution >= 0.6 is 11.6 Å². The highest BCUT2D eigenvalue weighted by atomic mass is 35.5. The highest BCUT2D eigenvalue weighted by Crippen LogP contribution is 2.33. The summed E-state index contributed by atoms with van der Waals surface area (Å²) >= 11 is 5.79. The minimum atomic E-state index is -0.566. The highest BCUT2D eigenvalue weighted by molar-refractivity contribution is 6.30. The quantitative estimate of drug-likeness (QED) is 0.591. The molecule has 0 N–H and O–H groups in total. The summed E-state index contributed by atoms with van der Waals surface area (Å²) in [6.45, 7) is 0.472. The van der Waals surface area contributed by atoms with Crippen LogP contribution in [0.25, 0.3) is 0 Å². The first-order chi connectivity index (χ1) is 13.5. The number of aryl methyl sites for hydroxylation is 1. The average molecular weight is 401 g/mol. The number of carbonyl (C=O) groups excluding carboxylic acids is 1. The van der Waals surface area contributed by atoms with Gasteiger partial charge in [-0.25, -0.2) is 8.78 Å². The van der Waals surface area contributed by atoms with Crippen LogP contribution in [-0.2, 0) is 6.42 Å². The molecule has 2 aromatic carbocycles. The number of halogens is 3. The van der Waals surface area contributed by atoms with Crippen molar-refractivity contribution in [1.29, 1.82) is 0 Å². The summed E-state index contributed by atoms with van der Waals surface area (Å²) in [6.07, 6.45) is 4.45. The Morgan fingerprint density at radius 1 is 1.14 bits per heavy atom. The molecule has 0 atom stereocenters. The van der Waals surface area contributed by atoms with E-state index in [1.807, 2.05) is 0 Å². The van der Waals surface area contributed by atoms with Gasteiger partial charge in [-0.2, -0.15) is 0 Å². The van der Waals surface area contributed by atoms with Crippen molar-refractivity contribution in [2.75, 3.05) is 11.4 Å². The molecule has 0 unspecified atom stereocenters. The van der Waals surface area contributed by atoms with Crippen LogP contribution in [0.4, 0.5) is 14.5 Å². The number of anilines is 1. The molecule has 1 aromatic heterocycles. The van der Waals surface area contributed by atoms with Gasteiger partial charge in [-0.15, -0.1) is 0 Å². The molecule has 1 aliphatic heterocycles. The lowest BCUT2D eigenvalue weighted by Gasteiger charge is -2.30. The summed E-state index contributed by atoms with van der Waals surface area (Å²) in [4.78, 5) is 18.8. The highest BCUT2D eigenvalue weighted by Gasteiger charge is 2.26. The molecule has 3 aromatic rings. The number of aromatic nitrogens is 1. The van der Waals surface area contributed by atoms with Gasteiger partial charge in [0.05, 0.1) is 22.5 Å². The fourth-order valence-electron chi connectivity index (χ4n) is 3.21. The number of benzene rings is 2. The Bertz CT molecular complexity index is 1060. The van der Waals surface area contributed by atoms with Crippen molar-refractivity contribution >= 4 is 23.2 Å². The van der Waals surface area contributed by atoms with Gasteiger partial charge in [-0.3, -0.25) is 9.78 Å². The molecule has 28 heavy (non-hydrogen) atoms. The van der Waals surface area contributed by atoms with Gasteiger partial charge in [0.2, 0.25) is 0 Å². The van der Waals surface area contributed by atoms with E-state index in [0.717, 1.165) is 18.4 Å². The third-order valence-corrected chi connectivity index (χ3v) is 4.83. The van der Waals surface area contributed by atoms with E-state index in [9.17, 15) is 13.6 Å². The van der Waals surface area contributed by atoms with Crippen molar-refractivity contribution in [2.24, 2.45) is 0 Å². The van der Waals surface area contributed by atoms with Gasteiger partial charge in [-0.05, 0) is 48.7 Å². The average Bonchev–Trinajstić information content (AvgIpc) is 2.70. The zero-order chi connectivity index (χ0) is 19.7. The normalized spacial score (nSPS) is 13.2. The Labute approximate surface area is 165 Å². The molecular weight excluding hydrogens is 386 g/mol. The molecule has 0 aliphatic carbocycles. The van der Waals surface area contributed by atoms with E-state index in [2.05, 4.69) is 4.98 Å². The molecule has 0 saturated carbocycles. The minimum absolute atomic E-state index is 0.0882. The Morgan fingerprint density at radius 3 is 2.82 bits per heavy atom. The van der Waals surface area contributed by atoms with E-state index in [-0.39, 0.29) is 28.0 Å². The van der Waals surface area contributed by atoms with Crippen LogP contribution in [0.3, 0.4) is 0 Å². The van der Waals surface area contributed by atoms with Gasteiger partial charge in [0.25, 0.3) is 5.91 Å². The largest absolute Gasteiger partial charge is 0.455 e. The molecule has 0 saturated heterocycles. The molecule has 0 spiro atoms. The van der Waals surface area contributed by atoms with Gasteiger partial charge in [0, 0.05) is 18.8 Å². The van der Waals surface area contributed by atoms with Crippen LogP contribution in [0.1, 0.15) is 22.3 Å². The molecule has 0 fully saturated rings. The first-order valence-corrected chi connectivity index (χ1v) is 9.08. The van der Waals surface area contributed by atoms with Crippen molar-refractivity contribution in [2.45, 2.75) is 12.8 Å². The maximum atomic E-state index is 13.8. The predicted octanol–water partition coefficient (Wildman–Crippen LogP) is 5.40. The van der Waals surface area contributed by atoms with Crippen LogP contribution < -0.4 is 9.64 Å². The summed E-state index contributed by atoms with van der Waals surface area (Å²) in [5, 5.41) is -0.0882. The van der Waals surface area contributed by atoms with Crippen molar-refractivity contribution in [3.8, 4) is 11.5 Å². The molecule has 142 valence electrons. The van der Waals surface area contributed by atoms with Crippen LogP contribution in [0.2, 0.25) is 5.02 Å². The smallest absolute Gasteiger partial charge is 0.262 e. The van der Waals surface area contributed by atoms with E-state index in [4.69, 9.17) is 16.3 Å². The molecule has 1 aliphatic rings. The number of amides is 1. The predicted molar refractivity (Wildman–Crippen MR) is 102 cm³/mol. The number of rotatable bonds is 3. The van der Waals surface area contributed by atoms with Gasteiger partial charge in [-0.1, -0.05) is 17.7 Å². The number of pyridine rings is 1. The van der Waals surface area contributed by atoms with E-state index in [1.165, 1.54) is 48.8 Å². The summed E-state index contributed by atoms with van der Waals surface area (Å²) in [6, 6.07) is 9.92. The molecule has 4 nitrogen and oxygen atoms in total. The van der Waals surface area contributed by atoms with Crippen LogP contribution in [0, 0.1) is 11.6 Å². The van der Waals surface area contributed by atoms with E-state index >= 15 is 0 Å². The summed E-state index contributed by atoms with van der Waals surface area (Å²) in [7, 11) is 0. The zero-order valence-electron chi connectivity index (χ0n) is 14.7. The number of nitrogens with zero attached hydrogens (tertiary/aromatic N) is 2. The van der Waals surface area contributed by atoms with Gasteiger partial charge >= 0.3 is 0 Å². The van der Waals surface area contributed by atoms with Gasteiger partial charge in [0.15, 0.2) is 5.75 Å². The zero-order valence-corrected chi connectivity index (χ0v) is 15.4. The lowest BCUT2D eigenvalue weighted by Crippen LogP contribution is -2.35. The van der Waals surface area contributed by atoms with Crippen molar-refractivity contribution in [1.82, 2.24) is 4.98 Å². The first kappa shape index (κ1) is 18.4. The summed E-state index contributed by atoms with van der Waals surface area (Å²) in [5.74, 6) is -0.802. The monoisotopic (exact) mass is 400 g/mol. The van der Waals surface area contributed by atoms with Crippen LogP contribution in [0.5, 0.6) is 11.5 Å². The van der Waals surface area contributed by atoms with E-state index < -0.39 is 11.6 Å². The molecule has 0 radical (unpaired) electrons. The first-order valence-electron chi connectivity index (χ1n) is 8.70. The Balaban J connectivity index is 1.68. The number of carbonyl (C=O) groups is 1. The summed E-state index contributed by atoms with van der Waals surface area (Å²) < 4.78 is 32.9. The Kier molecular flexibility index (Phi) is 4.96. The van der Waals surface area contributed by atoms with Crippen molar-refractivity contribution in [3.05, 3.63) is 82.6 Å². The maximum absolute atomic E-state index is 13.8. The molecule has 0 bridgehead atoms. The molecular formula is C21H15ClF2N2O2. The fourth-order valence-corrected chi connectivity index (χ4v) is 3.38. The lowest BCUT2D eigenvalue weighted by atomic mass is 10.0. The topological polar surface area (TPSA) is 42.4 Å². The molecule has 4 rings (SSSR count). The fraction of sp³-hybridized carbons (Fsp3) is 0.143. The number of hydrogen-bond acceptors (Lipinski definition) is 3. The second-order valence-corrected chi connectivity index (χ2v) is 6.79. The Hall–Kier alpha value is -2.99. The standard InChI is InChI=1S/C21H15ClF2N2O2/c22-17-11-15(5-6-18(17)24)28-20-12-25-8-7-16(20)21(27)26-9-1-2-13-3-4-14(23)10-19(13)26/h3-8,10-12H,1-2,9H2.